The number of fused-ring (bicyclic) bond motifs is 1. The summed E-state index contributed by atoms with van der Waals surface area (Å²) in [5, 5.41) is 7.15. The van der Waals surface area contributed by atoms with Gasteiger partial charge in [0.15, 0.2) is 5.96 Å². The Hall–Kier alpha value is -0.820. The van der Waals surface area contributed by atoms with Gasteiger partial charge in [-0.1, -0.05) is 31.2 Å². The normalized spacial score (nSPS) is 26.5. The van der Waals surface area contributed by atoms with Crippen LogP contribution in [-0.2, 0) is 6.42 Å². The lowest BCUT2D eigenvalue weighted by atomic mass is 9.78. The van der Waals surface area contributed by atoms with Crippen molar-refractivity contribution in [1.29, 1.82) is 0 Å². The third-order valence-electron chi connectivity index (χ3n) is 5.39. The fourth-order valence-electron chi connectivity index (χ4n) is 3.75. The summed E-state index contributed by atoms with van der Waals surface area (Å²) in [6, 6.07) is 9.85. The van der Waals surface area contributed by atoms with Crippen molar-refractivity contribution in [1.82, 2.24) is 15.5 Å². The van der Waals surface area contributed by atoms with E-state index in [-0.39, 0.29) is 24.0 Å². The van der Waals surface area contributed by atoms with Crippen LogP contribution in [0.15, 0.2) is 29.3 Å². The summed E-state index contributed by atoms with van der Waals surface area (Å²) in [4.78, 5) is 6.96. The van der Waals surface area contributed by atoms with E-state index in [1.165, 1.54) is 24.1 Å². The molecular formula is C19H31IN4. The molecule has 1 heterocycles. The topological polar surface area (TPSA) is 39.7 Å². The molecule has 24 heavy (non-hydrogen) atoms. The summed E-state index contributed by atoms with van der Waals surface area (Å²) in [7, 11) is 1.86. The highest BCUT2D eigenvalue weighted by molar-refractivity contribution is 14.0. The lowest BCUT2D eigenvalue weighted by Gasteiger charge is -2.31. The smallest absolute Gasteiger partial charge is 0.191 e. The van der Waals surface area contributed by atoms with Crippen molar-refractivity contribution in [3.8, 4) is 0 Å². The van der Waals surface area contributed by atoms with Gasteiger partial charge in [-0.2, -0.15) is 0 Å². The lowest BCUT2D eigenvalue weighted by molar-refractivity contribution is 0.265. The monoisotopic (exact) mass is 442 g/mol. The molecule has 0 saturated carbocycles. The Labute approximate surface area is 163 Å². The first-order valence-electron chi connectivity index (χ1n) is 8.87. The molecule has 2 N–H and O–H groups in total. The molecule has 1 aliphatic carbocycles. The van der Waals surface area contributed by atoms with Crippen molar-refractivity contribution in [2.75, 3.05) is 26.7 Å². The van der Waals surface area contributed by atoms with Crippen molar-refractivity contribution >= 4 is 29.9 Å². The molecule has 1 aliphatic heterocycles. The van der Waals surface area contributed by atoms with Crippen molar-refractivity contribution in [3.63, 3.8) is 0 Å². The molecule has 1 aromatic rings. The summed E-state index contributed by atoms with van der Waals surface area (Å²) in [5.41, 5.74) is 3.00. The van der Waals surface area contributed by atoms with Crippen LogP contribution in [0.3, 0.4) is 0 Å². The molecule has 134 valence electrons. The zero-order valence-corrected chi connectivity index (χ0v) is 17.6. The van der Waals surface area contributed by atoms with Gasteiger partial charge < -0.3 is 10.6 Å². The molecule has 0 amide bonds. The SMILES string of the molecule is CN=C(NCC1Cc2ccccc21)NC1CN(C(C)C)CC1C.I. The zero-order valence-electron chi connectivity index (χ0n) is 15.2. The van der Waals surface area contributed by atoms with Gasteiger partial charge in [-0.05, 0) is 37.3 Å². The Balaban J connectivity index is 0.00000208. The second kappa shape index (κ2) is 8.52. The fraction of sp³-hybridized carbons (Fsp3) is 0.632. The second-order valence-corrected chi connectivity index (χ2v) is 7.33. The zero-order chi connectivity index (χ0) is 16.4. The van der Waals surface area contributed by atoms with E-state index in [4.69, 9.17) is 0 Å². The van der Waals surface area contributed by atoms with E-state index in [1.807, 2.05) is 7.05 Å². The Morgan fingerprint density at radius 1 is 1.29 bits per heavy atom. The van der Waals surface area contributed by atoms with Crippen LogP contribution in [-0.4, -0.2) is 49.6 Å². The minimum Gasteiger partial charge on any atom is -0.356 e. The van der Waals surface area contributed by atoms with Crippen LogP contribution in [0.5, 0.6) is 0 Å². The average Bonchev–Trinajstić information content (AvgIpc) is 2.88. The number of nitrogens with one attached hydrogen (secondary N) is 2. The largest absolute Gasteiger partial charge is 0.356 e. The van der Waals surface area contributed by atoms with Gasteiger partial charge in [0.05, 0.1) is 0 Å². The molecule has 3 atom stereocenters. The van der Waals surface area contributed by atoms with Gasteiger partial charge in [-0.3, -0.25) is 9.89 Å². The lowest BCUT2D eigenvalue weighted by Crippen LogP contribution is -2.48. The van der Waals surface area contributed by atoms with Crippen molar-refractivity contribution in [2.45, 2.75) is 45.2 Å². The number of likely N-dealkylation sites (tertiary alicyclic amines) is 1. The number of aliphatic imine (C=N–C) groups is 1. The predicted molar refractivity (Wildman–Crippen MR) is 112 cm³/mol. The molecule has 0 spiro atoms. The molecule has 5 heteroatoms. The van der Waals surface area contributed by atoms with E-state index in [9.17, 15) is 0 Å². The van der Waals surface area contributed by atoms with Gasteiger partial charge in [0.2, 0.25) is 0 Å². The number of guanidine groups is 1. The van der Waals surface area contributed by atoms with E-state index in [0.29, 0.717) is 23.9 Å². The van der Waals surface area contributed by atoms with Gasteiger partial charge in [0.1, 0.15) is 0 Å². The summed E-state index contributed by atoms with van der Waals surface area (Å²) in [5.74, 6) is 2.22. The van der Waals surface area contributed by atoms with Crippen LogP contribution in [0.2, 0.25) is 0 Å². The Morgan fingerprint density at radius 2 is 2.04 bits per heavy atom. The summed E-state index contributed by atoms with van der Waals surface area (Å²) in [6.45, 7) is 10.1. The highest BCUT2D eigenvalue weighted by Crippen LogP contribution is 2.33. The maximum atomic E-state index is 4.42. The number of rotatable bonds is 4. The maximum absolute atomic E-state index is 4.42. The van der Waals surface area contributed by atoms with Crippen molar-refractivity contribution < 1.29 is 0 Å². The molecule has 4 nitrogen and oxygen atoms in total. The first-order valence-corrected chi connectivity index (χ1v) is 8.87. The fourth-order valence-corrected chi connectivity index (χ4v) is 3.75. The average molecular weight is 442 g/mol. The molecule has 2 aliphatic rings. The van der Waals surface area contributed by atoms with Gasteiger partial charge in [0.25, 0.3) is 0 Å². The van der Waals surface area contributed by atoms with Crippen LogP contribution >= 0.6 is 24.0 Å². The molecular weight excluding hydrogens is 411 g/mol. The van der Waals surface area contributed by atoms with Crippen LogP contribution in [0.1, 0.15) is 37.8 Å². The van der Waals surface area contributed by atoms with E-state index < -0.39 is 0 Å². The molecule has 3 rings (SSSR count). The van der Waals surface area contributed by atoms with Gasteiger partial charge in [-0.25, -0.2) is 0 Å². The van der Waals surface area contributed by atoms with E-state index in [2.05, 4.69) is 65.6 Å². The van der Waals surface area contributed by atoms with Crippen LogP contribution in [0.25, 0.3) is 0 Å². The summed E-state index contributed by atoms with van der Waals surface area (Å²) >= 11 is 0. The van der Waals surface area contributed by atoms with E-state index in [1.54, 1.807) is 0 Å². The van der Waals surface area contributed by atoms with E-state index >= 15 is 0 Å². The molecule has 0 radical (unpaired) electrons. The number of hydrogen-bond donors (Lipinski definition) is 2. The Kier molecular flexibility index (Phi) is 6.92. The number of hydrogen-bond acceptors (Lipinski definition) is 2. The van der Waals surface area contributed by atoms with Gasteiger partial charge >= 0.3 is 0 Å². The Morgan fingerprint density at radius 3 is 2.67 bits per heavy atom. The summed E-state index contributed by atoms with van der Waals surface area (Å²) in [6.07, 6.45) is 1.18. The first kappa shape index (κ1) is 19.5. The van der Waals surface area contributed by atoms with Gasteiger partial charge in [-0.15, -0.1) is 24.0 Å². The van der Waals surface area contributed by atoms with Crippen LogP contribution in [0.4, 0.5) is 0 Å². The summed E-state index contributed by atoms with van der Waals surface area (Å²) < 4.78 is 0. The Bertz CT molecular complexity index is 572. The van der Waals surface area contributed by atoms with Crippen molar-refractivity contribution in [2.24, 2.45) is 10.9 Å². The highest BCUT2D eigenvalue weighted by atomic mass is 127. The minimum absolute atomic E-state index is 0. The number of halogens is 1. The minimum atomic E-state index is 0. The quantitative estimate of drug-likeness (QED) is 0.428. The molecule has 1 fully saturated rings. The maximum Gasteiger partial charge on any atom is 0.191 e. The molecule has 3 unspecified atom stereocenters. The number of benzene rings is 1. The van der Waals surface area contributed by atoms with E-state index in [0.717, 1.165) is 19.0 Å². The van der Waals surface area contributed by atoms with Crippen molar-refractivity contribution in [3.05, 3.63) is 35.4 Å². The number of nitrogens with zero attached hydrogens (tertiary/aromatic N) is 2. The van der Waals surface area contributed by atoms with Crippen LogP contribution in [0, 0.1) is 5.92 Å². The van der Waals surface area contributed by atoms with Crippen LogP contribution < -0.4 is 10.6 Å². The molecule has 0 bridgehead atoms. The predicted octanol–water partition coefficient (Wildman–Crippen LogP) is 2.84. The molecule has 0 aromatic heterocycles. The highest BCUT2D eigenvalue weighted by Gasteiger charge is 2.31. The van der Waals surface area contributed by atoms with Gasteiger partial charge in [0, 0.05) is 44.7 Å². The third kappa shape index (κ3) is 4.23. The third-order valence-corrected chi connectivity index (χ3v) is 5.39. The molecule has 1 aromatic carbocycles. The second-order valence-electron chi connectivity index (χ2n) is 7.33. The standard InChI is InChI=1S/C19H30N4.HI/c1-13(2)23-11-14(3)18(12-23)22-19(20-4)21-10-16-9-15-7-5-6-8-17(15)16;/h5-8,13-14,16,18H,9-12H2,1-4H3,(H2,20,21,22);1H. The first-order chi connectivity index (χ1) is 11.1. The molecule has 1 saturated heterocycles.